The Morgan fingerprint density at radius 2 is 1.74 bits per heavy atom. The molecule has 3 nitrogen and oxygen atoms in total. The summed E-state index contributed by atoms with van der Waals surface area (Å²) in [6.07, 6.45) is 0.410. The van der Waals surface area contributed by atoms with Gasteiger partial charge in [0.2, 0.25) is 5.91 Å². The standard InChI is InChI=1S/C16H18N2O/c1-12-5-3-4-6-13(12)11-16(19)18(2)15-9-7-14(17)8-10-15/h3-10H,11,17H2,1-2H3. The molecule has 0 heterocycles. The molecule has 0 spiro atoms. The molecule has 0 fully saturated rings. The maximum absolute atomic E-state index is 12.2. The second kappa shape index (κ2) is 5.57. The zero-order valence-corrected chi connectivity index (χ0v) is 11.3. The Kier molecular flexibility index (Phi) is 3.85. The van der Waals surface area contributed by atoms with Crippen LogP contribution in [0.25, 0.3) is 0 Å². The first kappa shape index (κ1) is 13.1. The summed E-state index contributed by atoms with van der Waals surface area (Å²) in [5.74, 6) is 0.0686. The van der Waals surface area contributed by atoms with Gasteiger partial charge in [-0.15, -0.1) is 0 Å². The molecule has 0 unspecified atom stereocenters. The van der Waals surface area contributed by atoms with E-state index in [2.05, 4.69) is 0 Å². The largest absolute Gasteiger partial charge is 0.399 e. The molecule has 1 amide bonds. The van der Waals surface area contributed by atoms with Crippen molar-refractivity contribution in [2.45, 2.75) is 13.3 Å². The quantitative estimate of drug-likeness (QED) is 0.856. The molecule has 2 rings (SSSR count). The van der Waals surface area contributed by atoms with Crippen LogP contribution in [0.1, 0.15) is 11.1 Å². The number of nitrogens with zero attached hydrogens (tertiary/aromatic N) is 1. The molecular formula is C16H18N2O. The number of amides is 1. The molecule has 0 saturated heterocycles. The van der Waals surface area contributed by atoms with Gasteiger partial charge in [0.15, 0.2) is 0 Å². The van der Waals surface area contributed by atoms with Gasteiger partial charge in [0.25, 0.3) is 0 Å². The summed E-state index contributed by atoms with van der Waals surface area (Å²) in [5.41, 5.74) is 9.40. The van der Waals surface area contributed by atoms with Crippen LogP contribution in [0.3, 0.4) is 0 Å². The number of rotatable bonds is 3. The van der Waals surface area contributed by atoms with E-state index in [0.717, 1.165) is 16.8 Å². The van der Waals surface area contributed by atoms with Crippen molar-refractivity contribution in [3.8, 4) is 0 Å². The van der Waals surface area contributed by atoms with Gasteiger partial charge in [0.1, 0.15) is 0 Å². The fraction of sp³-hybridized carbons (Fsp3) is 0.188. The Balaban J connectivity index is 2.12. The topological polar surface area (TPSA) is 46.3 Å². The lowest BCUT2D eigenvalue weighted by molar-refractivity contribution is -0.117. The average Bonchev–Trinajstić information content (AvgIpc) is 2.41. The highest BCUT2D eigenvalue weighted by Crippen LogP contribution is 2.17. The highest BCUT2D eigenvalue weighted by Gasteiger charge is 2.12. The summed E-state index contributed by atoms with van der Waals surface area (Å²) in [6, 6.07) is 15.2. The monoisotopic (exact) mass is 254 g/mol. The van der Waals surface area contributed by atoms with Crippen molar-refractivity contribution in [3.05, 3.63) is 59.7 Å². The van der Waals surface area contributed by atoms with E-state index in [9.17, 15) is 4.79 Å². The Labute approximate surface area is 113 Å². The molecule has 98 valence electrons. The molecule has 0 radical (unpaired) electrons. The number of aryl methyl sites for hydroxylation is 1. The molecule has 0 aliphatic heterocycles. The van der Waals surface area contributed by atoms with Gasteiger partial charge in [-0.3, -0.25) is 4.79 Å². The molecule has 0 saturated carbocycles. The van der Waals surface area contributed by atoms with Gasteiger partial charge in [-0.1, -0.05) is 24.3 Å². The van der Waals surface area contributed by atoms with Crippen LogP contribution in [0.2, 0.25) is 0 Å². The normalized spacial score (nSPS) is 10.2. The fourth-order valence-electron chi connectivity index (χ4n) is 1.93. The lowest BCUT2D eigenvalue weighted by Gasteiger charge is -2.18. The number of carbonyl (C=O) groups excluding carboxylic acids is 1. The number of anilines is 2. The SMILES string of the molecule is Cc1ccccc1CC(=O)N(C)c1ccc(N)cc1. The summed E-state index contributed by atoms with van der Waals surface area (Å²) in [7, 11) is 1.78. The highest BCUT2D eigenvalue weighted by atomic mass is 16.2. The van der Waals surface area contributed by atoms with Crippen molar-refractivity contribution in [1.82, 2.24) is 0 Å². The van der Waals surface area contributed by atoms with Crippen LogP contribution in [0.5, 0.6) is 0 Å². The number of nitrogens with two attached hydrogens (primary N) is 1. The van der Waals surface area contributed by atoms with Gasteiger partial charge < -0.3 is 10.6 Å². The summed E-state index contributed by atoms with van der Waals surface area (Å²) >= 11 is 0. The third-order valence-electron chi connectivity index (χ3n) is 3.26. The average molecular weight is 254 g/mol. The van der Waals surface area contributed by atoms with Crippen LogP contribution in [-0.4, -0.2) is 13.0 Å². The molecule has 0 bridgehead atoms. The molecule has 3 heteroatoms. The van der Waals surface area contributed by atoms with Crippen molar-refractivity contribution >= 4 is 17.3 Å². The van der Waals surface area contributed by atoms with E-state index in [1.807, 2.05) is 43.3 Å². The van der Waals surface area contributed by atoms with Crippen molar-refractivity contribution in [2.75, 3.05) is 17.7 Å². The second-order valence-corrected chi connectivity index (χ2v) is 4.65. The molecule has 2 aromatic carbocycles. The summed E-state index contributed by atoms with van der Waals surface area (Å²) in [5, 5.41) is 0. The first-order valence-electron chi connectivity index (χ1n) is 6.24. The van der Waals surface area contributed by atoms with Crippen LogP contribution >= 0.6 is 0 Å². The lowest BCUT2D eigenvalue weighted by atomic mass is 10.1. The van der Waals surface area contributed by atoms with Gasteiger partial charge in [-0.05, 0) is 42.3 Å². The number of carbonyl (C=O) groups is 1. The first-order chi connectivity index (χ1) is 9.08. The minimum absolute atomic E-state index is 0.0686. The fourth-order valence-corrected chi connectivity index (χ4v) is 1.93. The van der Waals surface area contributed by atoms with E-state index in [-0.39, 0.29) is 5.91 Å². The number of nitrogen functional groups attached to an aromatic ring is 1. The summed E-state index contributed by atoms with van der Waals surface area (Å²) < 4.78 is 0. The van der Waals surface area contributed by atoms with Crippen molar-refractivity contribution in [2.24, 2.45) is 0 Å². The molecule has 19 heavy (non-hydrogen) atoms. The van der Waals surface area contributed by atoms with Crippen LogP contribution in [0.4, 0.5) is 11.4 Å². The maximum Gasteiger partial charge on any atom is 0.231 e. The molecule has 0 aliphatic carbocycles. The maximum atomic E-state index is 12.2. The zero-order valence-electron chi connectivity index (χ0n) is 11.3. The van der Waals surface area contributed by atoms with E-state index < -0.39 is 0 Å². The van der Waals surface area contributed by atoms with Gasteiger partial charge >= 0.3 is 0 Å². The lowest BCUT2D eigenvalue weighted by Crippen LogP contribution is -2.28. The van der Waals surface area contributed by atoms with Crippen LogP contribution < -0.4 is 10.6 Å². The third-order valence-corrected chi connectivity index (χ3v) is 3.26. The third kappa shape index (κ3) is 3.13. The van der Waals surface area contributed by atoms with E-state index in [1.165, 1.54) is 0 Å². The van der Waals surface area contributed by atoms with Crippen LogP contribution in [-0.2, 0) is 11.2 Å². The van der Waals surface area contributed by atoms with E-state index in [1.54, 1.807) is 24.1 Å². The Morgan fingerprint density at radius 3 is 2.37 bits per heavy atom. The molecule has 0 atom stereocenters. The van der Waals surface area contributed by atoms with Gasteiger partial charge in [0.05, 0.1) is 6.42 Å². The van der Waals surface area contributed by atoms with Crippen molar-refractivity contribution in [3.63, 3.8) is 0 Å². The summed E-state index contributed by atoms with van der Waals surface area (Å²) in [6.45, 7) is 2.02. The van der Waals surface area contributed by atoms with Gasteiger partial charge in [0, 0.05) is 18.4 Å². The number of hydrogen-bond donors (Lipinski definition) is 1. The Morgan fingerprint density at radius 1 is 1.11 bits per heavy atom. The first-order valence-corrected chi connectivity index (χ1v) is 6.24. The van der Waals surface area contributed by atoms with Crippen LogP contribution in [0, 0.1) is 6.92 Å². The Hall–Kier alpha value is -2.29. The number of likely N-dealkylation sites (N-methyl/N-ethyl adjacent to an activating group) is 1. The number of benzene rings is 2. The Bertz CT molecular complexity index is 576. The van der Waals surface area contributed by atoms with Gasteiger partial charge in [-0.2, -0.15) is 0 Å². The van der Waals surface area contributed by atoms with E-state index >= 15 is 0 Å². The second-order valence-electron chi connectivity index (χ2n) is 4.65. The predicted octanol–water partition coefficient (Wildman–Crippen LogP) is 2.78. The minimum atomic E-state index is 0.0686. The molecular weight excluding hydrogens is 236 g/mol. The predicted molar refractivity (Wildman–Crippen MR) is 79.1 cm³/mol. The molecule has 0 aromatic heterocycles. The number of hydrogen-bond acceptors (Lipinski definition) is 2. The van der Waals surface area contributed by atoms with Crippen molar-refractivity contribution < 1.29 is 4.79 Å². The van der Waals surface area contributed by atoms with Gasteiger partial charge in [-0.25, -0.2) is 0 Å². The van der Waals surface area contributed by atoms with E-state index in [0.29, 0.717) is 12.1 Å². The van der Waals surface area contributed by atoms with Crippen LogP contribution in [0.15, 0.2) is 48.5 Å². The van der Waals surface area contributed by atoms with Crippen molar-refractivity contribution in [1.29, 1.82) is 0 Å². The molecule has 0 aliphatic rings. The minimum Gasteiger partial charge on any atom is -0.399 e. The molecule has 2 N–H and O–H groups in total. The smallest absolute Gasteiger partial charge is 0.231 e. The summed E-state index contributed by atoms with van der Waals surface area (Å²) in [4.78, 5) is 13.9. The molecule has 2 aromatic rings. The zero-order chi connectivity index (χ0) is 13.8. The van der Waals surface area contributed by atoms with E-state index in [4.69, 9.17) is 5.73 Å². The highest BCUT2D eigenvalue weighted by molar-refractivity contribution is 5.94.